The minimum absolute atomic E-state index is 0. The van der Waals surface area contributed by atoms with Crippen LogP contribution in [0.1, 0.15) is 0 Å². The van der Waals surface area contributed by atoms with Gasteiger partial charge in [-0.15, -0.1) is 0 Å². The van der Waals surface area contributed by atoms with E-state index >= 15 is 0 Å². The Morgan fingerprint density at radius 3 is 1.25 bits per heavy atom. The fourth-order valence-electron chi connectivity index (χ4n) is 0. The van der Waals surface area contributed by atoms with Crippen molar-refractivity contribution in [2.75, 3.05) is 0 Å². The first-order valence-corrected chi connectivity index (χ1v) is 0.183. The molecule has 0 N–H and O–H groups in total. The summed E-state index contributed by atoms with van der Waals surface area (Å²) in [6.45, 7) is 0. The molecular formula is FeNNaO+4. The van der Waals surface area contributed by atoms with Crippen molar-refractivity contribution in [1.82, 2.24) is 0 Å². The average Bonchev–Trinajstić information content (AvgIpc) is 1.00. The third-order valence-corrected chi connectivity index (χ3v) is 0. The summed E-state index contributed by atoms with van der Waals surface area (Å²) in [5.74, 6) is 0. The zero-order chi connectivity index (χ0) is 2.00. The Labute approximate surface area is 56.9 Å². The Morgan fingerprint density at radius 2 is 1.25 bits per heavy atom. The van der Waals surface area contributed by atoms with E-state index in [1.165, 1.54) is 0 Å². The molecule has 0 atom stereocenters. The summed E-state index contributed by atoms with van der Waals surface area (Å²) in [5.41, 5.74) is 5.75. The van der Waals surface area contributed by atoms with E-state index in [-0.39, 0.29) is 46.6 Å². The Hall–Kier alpha value is 1.12. The summed E-state index contributed by atoms with van der Waals surface area (Å²) < 4.78 is 0. The van der Waals surface area contributed by atoms with Gasteiger partial charge in [0.1, 0.15) is 0 Å². The first kappa shape index (κ1) is 19.3. The van der Waals surface area contributed by atoms with Gasteiger partial charge in [-0.1, -0.05) is 0 Å². The van der Waals surface area contributed by atoms with Crippen LogP contribution in [0.25, 0.3) is 5.59 Å². The van der Waals surface area contributed by atoms with E-state index in [4.69, 9.17) is 10.5 Å². The van der Waals surface area contributed by atoms with Gasteiger partial charge in [0.05, 0.1) is 0 Å². The maximum atomic E-state index is 7.25. The van der Waals surface area contributed by atoms with Crippen molar-refractivity contribution in [1.29, 1.82) is 0 Å². The summed E-state index contributed by atoms with van der Waals surface area (Å²) in [7, 11) is 0. The van der Waals surface area contributed by atoms with E-state index < -0.39 is 0 Å². The van der Waals surface area contributed by atoms with Crippen LogP contribution < -0.4 is 29.6 Å². The van der Waals surface area contributed by atoms with Gasteiger partial charge in [0.25, 0.3) is 0 Å². The largest absolute Gasteiger partial charge is 4.00 e. The van der Waals surface area contributed by atoms with Crippen molar-refractivity contribution < 1.29 is 46.6 Å². The second-order valence-corrected chi connectivity index (χ2v) is 0. The van der Waals surface area contributed by atoms with E-state index in [1.54, 1.807) is 0 Å². The Bertz CT molecular complexity index is 8.00. The standard InChI is InChI=1S/Fe.NO.Na/c;1-2;/q+4;-1;+1. The van der Waals surface area contributed by atoms with Gasteiger partial charge in [0, 0.05) is 0 Å². The molecule has 0 aromatic heterocycles. The van der Waals surface area contributed by atoms with Gasteiger partial charge in [-0.05, 0) is 0 Å². The molecule has 16 valence electrons. The van der Waals surface area contributed by atoms with Gasteiger partial charge in [-0.25, -0.2) is 0 Å². The van der Waals surface area contributed by atoms with E-state index in [1.807, 2.05) is 0 Å². The quantitative estimate of drug-likeness (QED) is 0.312. The number of hydrogen-bond acceptors (Lipinski definition) is 1. The summed E-state index contributed by atoms with van der Waals surface area (Å²) >= 11 is 0. The van der Waals surface area contributed by atoms with Gasteiger partial charge >= 0.3 is 46.6 Å². The second-order valence-electron chi connectivity index (χ2n) is 0. The third kappa shape index (κ3) is 11.2. The molecular weight excluding hydrogens is 109 g/mol. The van der Waals surface area contributed by atoms with Gasteiger partial charge in [-0.3, -0.25) is 0 Å². The molecule has 0 aliphatic heterocycles. The van der Waals surface area contributed by atoms with Gasteiger partial charge in [-0.2, -0.15) is 0 Å². The second kappa shape index (κ2) is 32.0. The normalized spacial score (nSPS) is 1.00. The molecule has 2 nitrogen and oxygen atoms in total. The van der Waals surface area contributed by atoms with Gasteiger partial charge in [0.2, 0.25) is 0 Å². The van der Waals surface area contributed by atoms with Gasteiger partial charge in [0.15, 0.2) is 0 Å². The summed E-state index contributed by atoms with van der Waals surface area (Å²) in [6, 6.07) is 0. The molecule has 4 heavy (non-hydrogen) atoms. The number of nitroso groups, excluding NO2 is 1. The van der Waals surface area contributed by atoms with Crippen molar-refractivity contribution >= 4 is 0 Å². The SMILES string of the molecule is [Fe+4].[N-]=O.[Na+]. The van der Waals surface area contributed by atoms with Crippen LogP contribution in [0.3, 0.4) is 0 Å². The van der Waals surface area contributed by atoms with Crippen molar-refractivity contribution in [3.8, 4) is 0 Å². The number of nitrogens with zero attached hydrogens (tertiary/aromatic N) is 1. The molecule has 0 bridgehead atoms. The minimum atomic E-state index is 0. The van der Waals surface area contributed by atoms with Crippen LogP contribution in [-0.4, -0.2) is 0 Å². The van der Waals surface area contributed by atoms with Gasteiger partial charge < -0.3 is 10.5 Å². The Balaban J connectivity index is -0.00000000500. The maximum Gasteiger partial charge on any atom is 4.00 e. The first-order chi connectivity index (χ1) is 1.00. The van der Waals surface area contributed by atoms with Crippen LogP contribution in [0.2, 0.25) is 0 Å². The van der Waals surface area contributed by atoms with Crippen LogP contribution in [0.4, 0.5) is 0 Å². The zero-order valence-corrected chi connectivity index (χ0v) is 5.31. The van der Waals surface area contributed by atoms with Crippen molar-refractivity contribution in [2.45, 2.75) is 0 Å². The zero-order valence-electron chi connectivity index (χ0n) is 2.21. The topological polar surface area (TPSA) is 39.4 Å². The molecule has 0 saturated carbocycles. The molecule has 0 heterocycles. The van der Waals surface area contributed by atoms with E-state index in [2.05, 4.69) is 0 Å². The molecule has 0 amide bonds. The molecule has 0 rings (SSSR count). The molecule has 4 heteroatoms. The predicted octanol–water partition coefficient (Wildman–Crippen LogP) is -2.68. The average molecular weight is 109 g/mol. The van der Waals surface area contributed by atoms with E-state index in [0.717, 1.165) is 0 Å². The van der Waals surface area contributed by atoms with Crippen molar-refractivity contribution in [3.05, 3.63) is 10.5 Å². The Morgan fingerprint density at radius 1 is 1.25 bits per heavy atom. The monoisotopic (exact) mass is 109 g/mol. The fraction of sp³-hybridized carbons (Fsp3) is 0. The maximum absolute atomic E-state index is 7.25. The molecule has 0 aromatic carbocycles. The first-order valence-electron chi connectivity index (χ1n) is 0.183. The van der Waals surface area contributed by atoms with E-state index in [0.29, 0.717) is 0 Å². The summed E-state index contributed by atoms with van der Waals surface area (Å²) in [5, 5.41) is 0. The third-order valence-electron chi connectivity index (χ3n) is 0. The molecule has 0 saturated heterocycles. The van der Waals surface area contributed by atoms with E-state index in [9.17, 15) is 0 Å². The predicted molar refractivity (Wildman–Crippen MR) is 6.73 cm³/mol. The fourth-order valence-corrected chi connectivity index (χ4v) is 0. The van der Waals surface area contributed by atoms with Crippen LogP contribution in [0.5, 0.6) is 0 Å². The van der Waals surface area contributed by atoms with Crippen molar-refractivity contribution in [2.24, 2.45) is 0 Å². The molecule has 0 aliphatic rings. The van der Waals surface area contributed by atoms with Crippen LogP contribution in [0.15, 0.2) is 0 Å². The molecule has 0 fully saturated rings. The molecule has 0 aromatic rings. The smallest absolute Gasteiger partial charge is 0.577 e. The summed E-state index contributed by atoms with van der Waals surface area (Å²) in [4.78, 5) is 7.25. The molecule has 0 spiro atoms. The minimum Gasteiger partial charge on any atom is -0.577 e. The molecule has 0 radical (unpaired) electrons. The summed E-state index contributed by atoms with van der Waals surface area (Å²) in [6.07, 6.45) is 0. The van der Waals surface area contributed by atoms with Crippen LogP contribution in [0, 0.1) is 4.91 Å². The van der Waals surface area contributed by atoms with Crippen molar-refractivity contribution in [3.63, 3.8) is 0 Å². The number of hydrogen-bond donors (Lipinski definition) is 0. The molecule has 0 aliphatic carbocycles. The molecule has 0 unspecified atom stereocenters. The number of rotatable bonds is 0. The van der Waals surface area contributed by atoms with Crippen LogP contribution in [-0.2, 0) is 17.1 Å². The van der Waals surface area contributed by atoms with Crippen LogP contribution >= 0.6 is 0 Å². The Kier molecular flexibility index (Phi) is 155.